The molecule has 2 aromatic rings. The lowest BCUT2D eigenvalue weighted by atomic mass is 9.93. The summed E-state index contributed by atoms with van der Waals surface area (Å²) in [5.74, 6) is 1.74. The lowest BCUT2D eigenvalue weighted by Crippen LogP contribution is -2.53. The van der Waals surface area contributed by atoms with Crippen molar-refractivity contribution in [3.8, 4) is 5.75 Å². The lowest BCUT2D eigenvalue weighted by molar-refractivity contribution is -0.0533. The molecule has 0 radical (unpaired) electrons. The van der Waals surface area contributed by atoms with Gasteiger partial charge in [0.05, 0.1) is 6.54 Å². The summed E-state index contributed by atoms with van der Waals surface area (Å²) >= 11 is 0. The molecule has 4 rings (SSSR count). The summed E-state index contributed by atoms with van der Waals surface area (Å²) in [5.41, 5.74) is -0.720. The van der Waals surface area contributed by atoms with Crippen LogP contribution in [0.15, 0.2) is 40.9 Å². The van der Waals surface area contributed by atoms with Gasteiger partial charge in [0, 0.05) is 18.5 Å². The van der Waals surface area contributed by atoms with Crippen LogP contribution in [0, 0.1) is 0 Å². The normalized spacial score (nSPS) is 23.5. The fourth-order valence-corrected chi connectivity index (χ4v) is 3.25. The number of para-hydroxylation sites is 1. The fraction of sp³-hybridized carbons (Fsp3) is 0.474. The van der Waals surface area contributed by atoms with Crippen molar-refractivity contribution in [1.82, 2.24) is 10.1 Å². The summed E-state index contributed by atoms with van der Waals surface area (Å²) in [4.78, 5) is 14.3. The zero-order chi connectivity index (χ0) is 17.3. The van der Waals surface area contributed by atoms with Crippen LogP contribution in [0.1, 0.15) is 47.8 Å². The topological polar surface area (TPSA) is 75.8 Å². The Morgan fingerprint density at radius 3 is 2.92 bits per heavy atom. The average Bonchev–Trinajstić information content (AvgIpc) is 3.37. The number of aromatic nitrogens is 1. The molecular weight excluding hydrogens is 320 g/mol. The molecule has 1 saturated heterocycles. The van der Waals surface area contributed by atoms with Gasteiger partial charge in [-0.25, -0.2) is 0 Å². The van der Waals surface area contributed by atoms with Crippen LogP contribution >= 0.6 is 0 Å². The van der Waals surface area contributed by atoms with E-state index in [0.717, 1.165) is 25.0 Å². The van der Waals surface area contributed by atoms with Crippen molar-refractivity contribution in [3.05, 3.63) is 47.9 Å². The minimum absolute atomic E-state index is 0.160. The molecule has 0 spiro atoms. The molecule has 2 fully saturated rings. The Morgan fingerprint density at radius 2 is 2.16 bits per heavy atom. The molecule has 132 valence electrons. The Labute approximate surface area is 146 Å². The number of β-amino-alcohol motifs (C(OH)–C–C–N with tert-alkyl or cyclic N) is 1. The van der Waals surface area contributed by atoms with Crippen LogP contribution in [-0.4, -0.2) is 46.4 Å². The van der Waals surface area contributed by atoms with E-state index in [1.807, 2.05) is 30.3 Å². The van der Waals surface area contributed by atoms with Crippen molar-refractivity contribution in [2.75, 3.05) is 19.7 Å². The van der Waals surface area contributed by atoms with Crippen LogP contribution < -0.4 is 4.74 Å². The second kappa shape index (κ2) is 6.52. The van der Waals surface area contributed by atoms with E-state index in [0.29, 0.717) is 30.3 Å². The summed E-state index contributed by atoms with van der Waals surface area (Å²) < 4.78 is 11.0. The number of hydrogen-bond acceptors (Lipinski definition) is 5. The molecule has 1 amide bonds. The maximum Gasteiger partial charge on any atom is 0.276 e. The van der Waals surface area contributed by atoms with E-state index in [1.54, 1.807) is 11.0 Å². The molecule has 1 aromatic carbocycles. The first kappa shape index (κ1) is 16.1. The van der Waals surface area contributed by atoms with Gasteiger partial charge in [-0.1, -0.05) is 23.4 Å². The number of nitrogens with zero attached hydrogens (tertiary/aromatic N) is 2. The number of amides is 1. The highest BCUT2D eigenvalue weighted by Gasteiger charge is 2.37. The second-order valence-electron chi connectivity index (χ2n) is 7.05. The molecule has 1 aromatic heterocycles. The van der Waals surface area contributed by atoms with Crippen LogP contribution in [0.2, 0.25) is 0 Å². The number of benzene rings is 1. The first-order chi connectivity index (χ1) is 12.1. The van der Waals surface area contributed by atoms with Crippen LogP contribution in [0.5, 0.6) is 5.75 Å². The van der Waals surface area contributed by atoms with Crippen LogP contribution in [0.25, 0.3) is 0 Å². The second-order valence-corrected chi connectivity index (χ2v) is 7.05. The number of rotatable bonds is 5. The number of likely N-dealkylation sites (tertiary alicyclic amines) is 1. The lowest BCUT2D eigenvalue weighted by Gasteiger charge is -2.38. The van der Waals surface area contributed by atoms with Gasteiger partial charge in [0.1, 0.15) is 23.7 Å². The molecule has 1 aliphatic carbocycles. The molecule has 6 heteroatoms. The van der Waals surface area contributed by atoms with Crippen molar-refractivity contribution >= 4 is 5.91 Å². The Balaban J connectivity index is 1.39. The van der Waals surface area contributed by atoms with Gasteiger partial charge in [-0.05, 0) is 37.8 Å². The average molecular weight is 342 g/mol. The summed E-state index contributed by atoms with van der Waals surface area (Å²) in [6.07, 6.45) is 3.54. The van der Waals surface area contributed by atoms with E-state index in [9.17, 15) is 9.90 Å². The molecule has 0 bridgehead atoms. The minimum atomic E-state index is -1.05. The largest absolute Gasteiger partial charge is 0.491 e. The molecule has 0 unspecified atom stereocenters. The molecule has 25 heavy (non-hydrogen) atoms. The Kier molecular flexibility index (Phi) is 4.21. The van der Waals surface area contributed by atoms with Crippen molar-refractivity contribution in [3.63, 3.8) is 0 Å². The van der Waals surface area contributed by atoms with Crippen molar-refractivity contribution < 1.29 is 19.2 Å². The Hall–Kier alpha value is -2.34. The van der Waals surface area contributed by atoms with E-state index < -0.39 is 5.60 Å². The quantitative estimate of drug-likeness (QED) is 0.904. The van der Waals surface area contributed by atoms with Gasteiger partial charge < -0.3 is 19.3 Å². The predicted molar refractivity (Wildman–Crippen MR) is 90.5 cm³/mol. The zero-order valence-corrected chi connectivity index (χ0v) is 14.1. The van der Waals surface area contributed by atoms with Crippen molar-refractivity contribution in [1.29, 1.82) is 0 Å². The van der Waals surface area contributed by atoms with Gasteiger partial charge in [0.25, 0.3) is 5.91 Å². The predicted octanol–water partition coefficient (Wildman–Crippen LogP) is 2.60. The fourth-order valence-electron chi connectivity index (χ4n) is 3.25. The monoisotopic (exact) mass is 342 g/mol. The Bertz CT molecular complexity index is 741. The summed E-state index contributed by atoms with van der Waals surface area (Å²) in [6, 6.07) is 11.1. The van der Waals surface area contributed by atoms with Gasteiger partial charge in [0.15, 0.2) is 5.69 Å². The van der Waals surface area contributed by atoms with E-state index in [1.165, 1.54) is 0 Å². The van der Waals surface area contributed by atoms with E-state index in [-0.39, 0.29) is 19.1 Å². The van der Waals surface area contributed by atoms with Gasteiger partial charge in [-0.3, -0.25) is 4.79 Å². The van der Waals surface area contributed by atoms with Crippen LogP contribution in [0.4, 0.5) is 0 Å². The molecular formula is C19H22N2O4. The maximum atomic E-state index is 12.7. The third kappa shape index (κ3) is 3.69. The highest BCUT2D eigenvalue weighted by molar-refractivity contribution is 5.92. The van der Waals surface area contributed by atoms with Gasteiger partial charge in [-0.15, -0.1) is 0 Å². The number of ether oxygens (including phenoxy) is 1. The number of carbonyl (C=O) groups excluding carboxylic acids is 1. The SMILES string of the molecule is O=C(c1cc(C2CC2)on1)N1CCC[C@](O)(COc2ccccc2)C1. The van der Waals surface area contributed by atoms with Gasteiger partial charge in [0.2, 0.25) is 0 Å². The minimum Gasteiger partial charge on any atom is -0.491 e. The summed E-state index contributed by atoms with van der Waals surface area (Å²) in [6.45, 7) is 1.01. The van der Waals surface area contributed by atoms with E-state index in [4.69, 9.17) is 9.26 Å². The summed E-state index contributed by atoms with van der Waals surface area (Å²) in [5, 5.41) is 14.8. The molecule has 1 atom stereocenters. The van der Waals surface area contributed by atoms with Crippen molar-refractivity contribution in [2.45, 2.75) is 37.2 Å². The summed E-state index contributed by atoms with van der Waals surface area (Å²) in [7, 11) is 0. The highest BCUT2D eigenvalue weighted by atomic mass is 16.5. The molecule has 2 aliphatic rings. The zero-order valence-electron chi connectivity index (χ0n) is 14.1. The number of piperidine rings is 1. The maximum absolute atomic E-state index is 12.7. The Morgan fingerprint density at radius 1 is 1.36 bits per heavy atom. The first-order valence-corrected chi connectivity index (χ1v) is 8.79. The molecule has 1 saturated carbocycles. The van der Waals surface area contributed by atoms with E-state index >= 15 is 0 Å². The molecule has 1 aliphatic heterocycles. The third-order valence-corrected chi connectivity index (χ3v) is 4.82. The highest BCUT2D eigenvalue weighted by Crippen LogP contribution is 2.40. The standard InChI is InChI=1S/C19H22N2O4/c22-18(16-11-17(25-20-16)14-7-8-14)21-10-4-9-19(23,12-21)13-24-15-5-2-1-3-6-15/h1-3,5-6,11,14,23H,4,7-10,12-13H2/t19-/m1/s1. The van der Waals surface area contributed by atoms with Crippen LogP contribution in [-0.2, 0) is 0 Å². The number of carbonyl (C=O) groups is 1. The third-order valence-electron chi connectivity index (χ3n) is 4.82. The van der Waals surface area contributed by atoms with E-state index in [2.05, 4.69) is 5.16 Å². The van der Waals surface area contributed by atoms with Gasteiger partial charge in [-0.2, -0.15) is 0 Å². The molecule has 1 N–H and O–H groups in total. The van der Waals surface area contributed by atoms with Crippen molar-refractivity contribution in [2.24, 2.45) is 0 Å². The van der Waals surface area contributed by atoms with Crippen LogP contribution in [0.3, 0.4) is 0 Å². The molecule has 2 heterocycles. The smallest absolute Gasteiger partial charge is 0.276 e. The first-order valence-electron chi connectivity index (χ1n) is 8.79. The molecule has 6 nitrogen and oxygen atoms in total. The van der Waals surface area contributed by atoms with Gasteiger partial charge >= 0.3 is 0 Å². The number of hydrogen-bond donors (Lipinski definition) is 1. The number of aliphatic hydroxyl groups is 1.